The fourth-order valence-electron chi connectivity index (χ4n) is 1.92. The van der Waals surface area contributed by atoms with Crippen LogP contribution in [0.4, 0.5) is 5.82 Å². The molecule has 0 radical (unpaired) electrons. The number of methoxy groups -OCH3 is 1. The van der Waals surface area contributed by atoms with E-state index in [0.717, 1.165) is 29.2 Å². The molecular weight excluding hydrogens is 274 g/mol. The Morgan fingerprint density at radius 2 is 1.95 bits per heavy atom. The molecule has 2 aromatic rings. The van der Waals surface area contributed by atoms with Gasteiger partial charge in [-0.25, -0.2) is 9.97 Å². The first kappa shape index (κ1) is 14.6. The molecule has 0 aliphatic carbocycles. The molecule has 1 aromatic heterocycles. The van der Waals surface area contributed by atoms with Gasteiger partial charge in [-0.3, -0.25) is 0 Å². The minimum atomic E-state index is 0.122. The molecule has 20 heavy (non-hydrogen) atoms. The summed E-state index contributed by atoms with van der Waals surface area (Å²) in [6.45, 7) is 4.11. The highest BCUT2D eigenvalue weighted by molar-refractivity contribution is 6.28. The van der Waals surface area contributed by atoms with Crippen molar-refractivity contribution in [1.82, 2.24) is 9.97 Å². The minimum Gasteiger partial charge on any atom is -0.497 e. The average molecular weight is 292 g/mol. The number of aryl methyl sites for hydroxylation is 1. The number of hydrogen-bond acceptors (Lipinski definition) is 4. The summed E-state index contributed by atoms with van der Waals surface area (Å²) in [6.07, 6.45) is 0.827. The van der Waals surface area contributed by atoms with Gasteiger partial charge in [-0.05, 0) is 42.6 Å². The lowest BCUT2D eigenvalue weighted by Crippen LogP contribution is -2.09. The van der Waals surface area contributed by atoms with E-state index >= 15 is 0 Å². The maximum Gasteiger partial charge on any atom is 0.224 e. The second-order valence-corrected chi connectivity index (χ2v) is 4.84. The molecule has 0 aliphatic rings. The fraction of sp³-hybridized carbons (Fsp3) is 0.333. The zero-order valence-electron chi connectivity index (χ0n) is 11.9. The van der Waals surface area contributed by atoms with Crippen LogP contribution in [0.15, 0.2) is 30.3 Å². The highest BCUT2D eigenvalue weighted by Crippen LogP contribution is 2.21. The fourth-order valence-corrected chi connectivity index (χ4v) is 2.12. The standard InChI is InChI=1S/C15H18ClN3O/c1-4-12-9-14(19-15(16)18-12)17-10(2)11-5-7-13(20-3)8-6-11/h5-10H,4H2,1-3H3,(H,17,18,19). The Bertz CT molecular complexity index is 572. The summed E-state index contributed by atoms with van der Waals surface area (Å²) in [5, 5.41) is 3.61. The number of benzene rings is 1. The van der Waals surface area contributed by atoms with E-state index < -0.39 is 0 Å². The van der Waals surface area contributed by atoms with Gasteiger partial charge in [0.25, 0.3) is 0 Å². The number of aromatic nitrogens is 2. The van der Waals surface area contributed by atoms with E-state index in [4.69, 9.17) is 16.3 Å². The first-order valence-electron chi connectivity index (χ1n) is 6.56. The third-order valence-corrected chi connectivity index (χ3v) is 3.26. The molecule has 1 N–H and O–H groups in total. The van der Waals surface area contributed by atoms with Crippen LogP contribution in [-0.2, 0) is 6.42 Å². The monoisotopic (exact) mass is 291 g/mol. The number of rotatable bonds is 5. The van der Waals surface area contributed by atoms with Crippen LogP contribution in [0.25, 0.3) is 0 Å². The van der Waals surface area contributed by atoms with Crippen LogP contribution >= 0.6 is 11.6 Å². The van der Waals surface area contributed by atoms with Crippen LogP contribution in [0.1, 0.15) is 31.1 Å². The van der Waals surface area contributed by atoms with Crippen molar-refractivity contribution < 1.29 is 4.74 Å². The van der Waals surface area contributed by atoms with Crippen molar-refractivity contribution >= 4 is 17.4 Å². The molecule has 0 saturated heterocycles. The molecule has 0 spiro atoms. The van der Waals surface area contributed by atoms with Crippen molar-refractivity contribution in [2.75, 3.05) is 12.4 Å². The molecule has 106 valence electrons. The van der Waals surface area contributed by atoms with Crippen molar-refractivity contribution in [3.05, 3.63) is 46.9 Å². The molecule has 1 atom stereocenters. The Kier molecular flexibility index (Phi) is 4.79. The van der Waals surface area contributed by atoms with Crippen molar-refractivity contribution in [3.63, 3.8) is 0 Å². The van der Waals surface area contributed by atoms with E-state index in [2.05, 4.69) is 22.2 Å². The van der Waals surface area contributed by atoms with Crippen LogP contribution in [0, 0.1) is 0 Å². The van der Waals surface area contributed by atoms with Crippen LogP contribution in [0.3, 0.4) is 0 Å². The first-order chi connectivity index (χ1) is 9.62. The lowest BCUT2D eigenvalue weighted by Gasteiger charge is -2.16. The quantitative estimate of drug-likeness (QED) is 0.850. The Morgan fingerprint density at radius 3 is 2.55 bits per heavy atom. The summed E-state index contributed by atoms with van der Waals surface area (Å²) in [5.41, 5.74) is 2.08. The zero-order chi connectivity index (χ0) is 14.5. The maximum atomic E-state index is 5.92. The SMILES string of the molecule is CCc1cc(NC(C)c2ccc(OC)cc2)nc(Cl)n1. The second kappa shape index (κ2) is 6.57. The largest absolute Gasteiger partial charge is 0.497 e. The normalized spacial score (nSPS) is 12.0. The van der Waals surface area contributed by atoms with Crippen LogP contribution in [0.5, 0.6) is 5.75 Å². The highest BCUT2D eigenvalue weighted by Gasteiger charge is 2.08. The summed E-state index contributed by atoms with van der Waals surface area (Å²) in [7, 11) is 1.66. The van der Waals surface area contributed by atoms with E-state index in [9.17, 15) is 0 Å². The molecule has 0 fully saturated rings. The minimum absolute atomic E-state index is 0.122. The Balaban J connectivity index is 2.13. The smallest absolute Gasteiger partial charge is 0.224 e. The maximum absolute atomic E-state index is 5.92. The molecule has 5 heteroatoms. The summed E-state index contributed by atoms with van der Waals surface area (Å²) in [4.78, 5) is 8.35. The van der Waals surface area contributed by atoms with E-state index in [1.54, 1.807) is 7.11 Å². The van der Waals surface area contributed by atoms with E-state index in [0.29, 0.717) is 0 Å². The number of nitrogens with one attached hydrogen (secondary N) is 1. The van der Waals surface area contributed by atoms with Crippen LogP contribution < -0.4 is 10.1 Å². The molecule has 0 saturated carbocycles. The molecule has 2 rings (SSSR count). The summed E-state index contributed by atoms with van der Waals surface area (Å²) in [5.74, 6) is 1.59. The molecule has 0 bridgehead atoms. The molecule has 4 nitrogen and oxygen atoms in total. The van der Waals surface area contributed by atoms with Gasteiger partial charge in [-0.2, -0.15) is 0 Å². The van der Waals surface area contributed by atoms with Gasteiger partial charge in [0.2, 0.25) is 5.28 Å². The number of anilines is 1. The van der Waals surface area contributed by atoms with E-state index in [-0.39, 0.29) is 11.3 Å². The van der Waals surface area contributed by atoms with Crippen molar-refractivity contribution in [2.45, 2.75) is 26.3 Å². The molecule has 1 aromatic carbocycles. The van der Waals surface area contributed by atoms with Gasteiger partial charge in [0.1, 0.15) is 11.6 Å². The Morgan fingerprint density at radius 1 is 1.25 bits per heavy atom. The molecule has 0 amide bonds. The predicted molar refractivity (Wildman–Crippen MR) is 81.5 cm³/mol. The average Bonchev–Trinajstić information content (AvgIpc) is 2.46. The van der Waals surface area contributed by atoms with Gasteiger partial charge >= 0.3 is 0 Å². The highest BCUT2D eigenvalue weighted by atomic mass is 35.5. The topological polar surface area (TPSA) is 47.0 Å². The number of halogens is 1. The van der Waals surface area contributed by atoms with Crippen molar-refractivity contribution in [3.8, 4) is 5.75 Å². The summed E-state index contributed by atoms with van der Waals surface area (Å²) < 4.78 is 5.15. The summed E-state index contributed by atoms with van der Waals surface area (Å²) >= 11 is 5.92. The number of ether oxygens (including phenoxy) is 1. The van der Waals surface area contributed by atoms with Gasteiger partial charge in [0, 0.05) is 17.8 Å². The molecule has 1 heterocycles. The lowest BCUT2D eigenvalue weighted by atomic mass is 10.1. The second-order valence-electron chi connectivity index (χ2n) is 4.51. The van der Waals surface area contributed by atoms with Crippen LogP contribution in [-0.4, -0.2) is 17.1 Å². The first-order valence-corrected chi connectivity index (χ1v) is 6.94. The van der Waals surface area contributed by atoms with Crippen molar-refractivity contribution in [2.24, 2.45) is 0 Å². The predicted octanol–water partition coefficient (Wildman–Crippen LogP) is 3.87. The van der Waals surface area contributed by atoms with E-state index in [1.165, 1.54) is 0 Å². The van der Waals surface area contributed by atoms with Gasteiger partial charge in [0.05, 0.1) is 7.11 Å². The van der Waals surface area contributed by atoms with Gasteiger partial charge in [0.15, 0.2) is 0 Å². The molecule has 1 unspecified atom stereocenters. The van der Waals surface area contributed by atoms with Gasteiger partial charge in [-0.15, -0.1) is 0 Å². The zero-order valence-corrected chi connectivity index (χ0v) is 12.6. The molecule has 0 aliphatic heterocycles. The Hall–Kier alpha value is -1.81. The van der Waals surface area contributed by atoms with Gasteiger partial charge < -0.3 is 10.1 Å². The van der Waals surface area contributed by atoms with E-state index in [1.807, 2.05) is 37.3 Å². The van der Waals surface area contributed by atoms with Crippen LogP contribution in [0.2, 0.25) is 5.28 Å². The molecular formula is C15H18ClN3O. The third kappa shape index (κ3) is 3.61. The number of hydrogen-bond donors (Lipinski definition) is 1. The van der Waals surface area contributed by atoms with Crippen molar-refractivity contribution in [1.29, 1.82) is 0 Å². The van der Waals surface area contributed by atoms with Gasteiger partial charge in [-0.1, -0.05) is 19.1 Å². The summed E-state index contributed by atoms with van der Waals surface area (Å²) in [6, 6.07) is 9.98. The Labute approximate surface area is 124 Å². The third-order valence-electron chi connectivity index (χ3n) is 3.09. The number of nitrogens with zero attached hydrogens (tertiary/aromatic N) is 2. The lowest BCUT2D eigenvalue weighted by molar-refractivity contribution is 0.414.